The minimum absolute atomic E-state index is 0.180. The number of amides is 3. The summed E-state index contributed by atoms with van der Waals surface area (Å²) >= 11 is 0. The van der Waals surface area contributed by atoms with Gasteiger partial charge in [0.1, 0.15) is 5.75 Å². The highest BCUT2D eigenvalue weighted by molar-refractivity contribution is 6.16. The van der Waals surface area contributed by atoms with Crippen molar-refractivity contribution in [2.75, 3.05) is 25.6 Å². The molecule has 0 N–H and O–H groups in total. The van der Waals surface area contributed by atoms with Gasteiger partial charge in [0.2, 0.25) is 5.96 Å². The first-order valence-corrected chi connectivity index (χ1v) is 11.1. The molecule has 0 bridgehead atoms. The van der Waals surface area contributed by atoms with Crippen molar-refractivity contribution in [1.82, 2.24) is 14.7 Å². The highest BCUT2D eigenvalue weighted by atomic mass is 16.5. The summed E-state index contributed by atoms with van der Waals surface area (Å²) in [5.41, 5.74) is 4.47. The molecule has 3 amide bonds. The van der Waals surface area contributed by atoms with Crippen molar-refractivity contribution in [3.05, 3.63) is 78.0 Å². The Morgan fingerprint density at radius 1 is 1.15 bits per heavy atom. The van der Waals surface area contributed by atoms with Crippen molar-refractivity contribution in [2.45, 2.75) is 26.1 Å². The molecule has 2 unspecified atom stereocenters. The summed E-state index contributed by atoms with van der Waals surface area (Å²) in [6, 6.07) is 14.9. The number of anilines is 1. The molecule has 8 heteroatoms. The molecule has 3 heterocycles. The molecule has 2 aromatic carbocycles. The molecule has 0 radical (unpaired) electrons. The number of aliphatic imine (C=N–C) groups is 1. The van der Waals surface area contributed by atoms with E-state index >= 15 is 0 Å². The van der Waals surface area contributed by atoms with E-state index in [1.807, 2.05) is 71.5 Å². The molecule has 0 spiro atoms. The van der Waals surface area contributed by atoms with Gasteiger partial charge >= 0.3 is 6.03 Å². The van der Waals surface area contributed by atoms with Crippen molar-refractivity contribution in [2.24, 2.45) is 4.99 Å². The molecule has 5 rings (SSSR count). The van der Waals surface area contributed by atoms with Crippen molar-refractivity contribution in [1.29, 1.82) is 0 Å². The maximum Gasteiger partial charge on any atom is 0.328 e. The number of urea groups is 1. The second-order valence-electron chi connectivity index (χ2n) is 8.86. The third-order valence-electron chi connectivity index (χ3n) is 6.28. The monoisotopic (exact) mass is 457 g/mol. The topological polar surface area (TPSA) is 68.7 Å². The fraction of sp³-hybridized carbons (Fsp3) is 0.269. The number of guanidine groups is 1. The van der Waals surface area contributed by atoms with Crippen LogP contribution in [0, 0.1) is 6.92 Å². The number of benzene rings is 2. The number of rotatable bonds is 5. The molecule has 8 nitrogen and oxygen atoms in total. The Labute approximate surface area is 199 Å². The van der Waals surface area contributed by atoms with Crippen molar-refractivity contribution in [3.8, 4) is 5.75 Å². The molecule has 2 aromatic rings. The van der Waals surface area contributed by atoms with E-state index in [4.69, 9.17) is 9.73 Å². The summed E-state index contributed by atoms with van der Waals surface area (Å²) in [7, 11) is 3.32. The first-order chi connectivity index (χ1) is 16.3. The molecule has 2 atom stereocenters. The largest absolute Gasteiger partial charge is 0.495 e. The molecule has 174 valence electrons. The van der Waals surface area contributed by atoms with Gasteiger partial charge in [-0.25, -0.2) is 9.79 Å². The lowest BCUT2D eigenvalue weighted by molar-refractivity contribution is -0.136. The van der Waals surface area contributed by atoms with Crippen LogP contribution < -0.4 is 9.64 Å². The van der Waals surface area contributed by atoms with Crippen LogP contribution in [-0.4, -0.2) is 65.5 Å². The fourth-order valence-electron chi connectivity index (χ4n) is 4.67. The maximum absolute atomic E-state index is 13.6. The van der Waals surface area contributed by atoms with E-state index in [0.29, 0.717) is 11.7 Å². The third-order valence-corrected chi connectivity index (χ3v) is 6.28. The normalized spacial score (nSPS) is 21.4. The van der Waals surface area contributed by atoms with E-state index in [0.717, 1.165) is 28.1 Å². The fourth-order valence-corrected chi connectivity index (χ4v) is 4.67. The smallest absolute Gasteiger partial charge is 0.328 e. The van der Waals surface area contributed by atoms with Crippen LogP contribution in [0.4, 0.5) is 10.5 Å². The van der Waals surface area contributed by atoms with Crippen LogP contribution in [0.25, 0.3) is 5.70 Å². The maximum atomic E-state index is 13.6. The summed E-state index contributed by atoms with van der Waals surface area (Å²) in [5, 5.41) is 0. The summed E-state index contributed by atoms with van der Waals surface area (Å²) in [4.78, 5) is 38.1. The van der Waals surface area contributed by atoms with E-state index < -0.39 is 12.2 Å². The minimum Gasteiger partial charge on any atom is -0.495 e. The Kier molecular flexibility index (Phi) is 5.16. The van der Waals surface area contributed by atoms with Crippen LogP contribution in [0.2, 0.25) is 0 Å². The average molecular weight is 458 g/mol. The number of carbonyl (C=O) groups is 2. The number of ether oxygens (including phenoxy) is 1. The summed E-state index contributed by atoms with van der Waals surface area (Å²) in [5.74, 6) is 0.992. The molecule has 3 aliphatic rings. The van der Waals surface area contributed by atoms with E-state index in [-0.39, 0.29) is 18.5 Å². The number of likely N-dealkylation sites (N-methyl/N-ethyl adjacent to an activating group) is 1. The Bertz CT molecular complexity index is 1250. The Morgan fingerprint density at radius 3 is 2.56 bits per heavy atom. The number of imide groups is 1. The van der Waals surface area contributed by atoms with Gasteiger partial charge in [-0.3, -0.25) is 19.5 Å². The predicted octanol–water partition coefficient (Wildman–Crippen LogP) is 3.66. The molecular weight excluding hydrogens is 430 g/mol. The molecule has 0 aliphatic carbocycles. The van der Waals surface area contributed by atoms with Gasteiger partial charge in [-0.15, -0.1) is 0 Å². The van der Waals surface area contributed by atoms with Gasteiger partial charge in [-0.1, -0.05) is 48.6 Å². The van der Waals surface area contributed by atoms with Crippen molar-refractivity contribution in [3.63, 3.8) is 0 Å². The van der Waals surface area contributed by atoms with Crippen molar-refractivity contribution >= 4 is 29.3 Å². The number of methoxy groups -OCH3 is 1. The van der Waals surface area contributed by atoms with E-state index in [9.17, 15) is 9.59 Å². The van der Waals surface area contributed by atoms with E-state index in [2.05, 4.69) is 6.58 Å². The molecule has 1 saturated heterocycles. The van der Waals surface area contributed by atoms with Gasteiger partial charge in [0.15, 0.2) is 12.2 Å². The van der Waals surface area contributed by atoms with Gasteiger partial charge < -0.3 is 9.64 Å². The van der Waals surface area contributed by atoms with Gasteiger partial charge in [-0.2, -0.15) is 0 Å². The third kappa shape index (κ3) is 3.25. The van der Waals surface area contributed by atoms with Gasteiger partial charge in [-0.05, 0) is 31.5 Å². The highest BCUT2D eigenvalue weighted by Crippen LogP contribution is 2.43. The van der Waals surface area contributed by atoms with Crippen LogP contribution in [-0.2, 0) is 4.79 Å². The van der Waals surface area contributed by atoms with E-state index in [1.54, 1.807) is 21.1 Å². The number of hydrogen-bond donors (Lipinski definition) is 0. The zero-order valence-electron chi connectivity index (χ0n) is 19.7. The Hall–Kier alpha value is -4.07. The summed E-state index contributed by atoms with van der Waals surface area (Å²) < 4.78 is 5.69. The Balaban J connectivity index is 1.65. The molecule has 1 fully saturated rings. The summed E-state index contributed by atoms with van der Waals surface area (Å²) in [6.45, 7) is 7.89. The van der Waals surface area contributed by atoms with Gasteiger partial charge in [0.25, 0.3) is 5.91 Å². The van der Waals surface area contributed by atoms with Gasteiger partial charge in [0, 0.05) is 18.8 Å². The lowest BCUT2D eigenvalue weighted by atomic mass is 10.1. The quantitative estimate of drug-likeness (QED) is 0.641. The van der Waals surface area contributed by atoms with Crippen molar-refractivity contribution < 1.29 is 14.3 Å². The van der Waals surface area contributed by atoms with Crippen LogP contribution in [0.5, 0.6) is 5.75 Å². The zero-order valence-corrected chi connectivity index (χ0v) is 19.7. The lowest BCUT2D eigenvalue weighted by Crippen LogP contribution is -2.64. The van der Waals surface area contributed by atoms with Crippen LogP contribution in [0.15, 0.2) is 71.9 Å². The molecule has 34 heavy (non-hydrogen) atoms. The predicted molar refractivity (Wildman–Crippen MR) is 131 cm³/mol. The van der Waals surface area contributed by atoms with E-state index in [1.165, 1.54) is 9.80 Å². The molecular formula is C26H27N5O3. The number of hydrogen-bond acceptors (Lipinski definition) is 6. The lowest BCUT2D eigenvalue weighted by Gasteiger charge is -2.40. The number of nitrogens with zero attached hydrogens (tertiary/aromatic N) is 5. The second-order valence-corrected chi connectivity index (χ2v) is 8.86. The minimum atomic E-state index is -0.656. The highest BCUT2D eigenvalue weighted by Gasteiger charge is 2.55. The van der Waals surface area contributed by atoms with Crippen LogP contribution in [0.1, 0.15) is 18.1 Å². The first-order valence-electron chi connectivity index (χ1n) is 11.1. The van der Waals surface area contributed by atoms with Gasteiger partial charge in [0.05, 0.1) is 25.0 Å². The second kappa shape index (κ2) is 8.06. The molecule has 0 aromatic heterocycles. The first kappa shape index (κ1) is 21.8. The molecule has 0 saturated carbocycles. The number of fused-ring (bicyclic) bond motifs is 3. The SMILES string of the molecule is C=C(C)CN1C(=O)C2C(N=C3N(c4cc(C)ccc4OC)C(c4ccccc4)=CN32)N(C)C1=O. The summed E-state index contributed by atoms with van der Waals surface area (Å²) in [6.07, 6.45) is 1.32. The molecule has 3 aliphatic heterocycles. The van der Waals surface area contributed by atoms with Crippen LogP contribution in [0.3, 0.4) is 0 Å². The zero-order chi connectivity index (χ0) is 24.1. The van der Waals surface area contributed by atoms with Crippen LogP contribution >= 0.6 is 0 Å². The number of carbonyl (C=O) groups excluding carboxylic acids is 2. The number of aryl methyl sites for hydroxylation is 1. The average Bonchev–Trinajstić information content (AvgIpc) is 3.37. The Morgan fingerprint density at radius 2 is 1.88 bits per heavy atom. The standard InChI is InChI=1S/C26H27N5O3/c1-16(2)14-30-24(32)22-23(28(4)26(30)33)27-25-29(22)15-20(18-9-7-6-8-10-18)31(25)19-13-17(3)11-12-21(19)34-5/h6-13,15,22-23H,1,14H2,2-5H3.